The molecule has 1 aliphatic rings. The number of aromatic nitrogens is 3. The largest absolute Gasteiger partial charge is 0.355 e. The maximum Gasteiger partial charge on any atom is 0.223 e. The summed E-state index contributed by atoms with van der Waals surface area (Å²) in [7, 11) is 1.88. The van der Waals surface area contributed by atoms with Crippen LogP contribution in [0.4, 0.5) is 0 Å². The molecular weight excluding hydrogens is 360 g/mol. The maximum absolute atomic E-state index is 12.4. The number of hydrogen-bond acceptors (Lipinski definition) is 3. The number of halogens is 1. The average molecular weight is 381 g/mol. The first-order valence-electron chi connectivity index (χ1n) is 9.10. The van der Waals surface area contributed by atoms with Crippen molar-refractivity contribution < 1.29 is 4.79 Å². The lowest BCUT2D eigenvalue weighted by Gasteiger charge is -2.05. The second-order valence-corrected chi connectivity index (χ2v) is 7.32. The van der Waals surface area contributed by atoms with Gasteiger partial charge >= 0.3 is 0 Å². The Morgan fingerprint density at radius 2 is 1.93 bits per heavy atom. The highest BCUT2D eigenvalue weighted by atomic mass is 35.5. The van der Waals surface area contributed by atoms with Crippen molar-refractivity contribution in [1.29, 1.82) is 0 Å². The van der Waals surface area contributed by atoms with E-state index in [0.717, 1.165) is 22.8 Å². The first-order valence-corrected chi connectivity index (χ1v) is 9.48. The van der Waals surface area contributed by atoms with E-state index in [1.165, 1.54) is 5.56 Å². The van der Waals surface area contributed by atoms with E-state index in [2.05, 4.69) is 15.4 Å². The molecule has 0 aliphatic heterocycles. The Kier molecular flexibility index (Phi) is 4.94. The van der Waals surface area contributed by atoms with Gasteiger partial charge in [0.25, 0.3) is 0 Å². The molecule has 0 saturated heterocycles. The second kappa shape index (κ2) is 7.53. The van der Waals surface area contributed by atoms with Gasteiger partial charge in [0, 0.05) is 36.5 Å². The van der Waals surface area contributed by atoms with Gasteiger partial charge in [-0.1, -0.05) is 54.1 Å². The molecule has 2 aromatic carbocycles. The molecule has 1 fully saturated rings. The van der Waals surface area contributed by atoms with Crippen molar-refractivity contribution in [2.24, 2.45) is 13.0 Å². The van der Waals surface area contributed by atoms with E-state index in [1.54, 1.807) is 4.68 Å². The summed E-state index contributed by atoms with van der Waals surface area (Å²) in [5.41, 5.74) is 2.17. The fraction of sp³-hybridized carbons (Fsp3) is 0.286. The summed E-state index contributed by atoms with van der Waals surface area (Å²) in [5, 5.41) is 8.22. The van der Waals surface area contributed by atoms with Gasteiger partial charge in [-0.3, -0.25) is 9.48 Å². The predicted molar refractivity (Wildman–Crippen MR) is 105 cm³/mol. The SMILES string of the molecule is Cn1nc(-c2ccccc2)nc1CCNC(=O)[C@@H]1C[C@H]1c1ccc(Cl)cc1. The number of benzene rings is 2. The Bertz CT molecular complexity index is 937. The van der Waals surface area contributed by atoms with Crippen LogP contribution in [0.15, 0.2) is 54.6 Å². The van der Waals surface area contributed by atoms with Crippen molar-refractivity contribution in [1.82, 2.24) is 20.1 Å². The van der Waals surface area contributed by atoms with Crippen LogP contribution in [0.2, 0.25) is 5.02 Å². The van der Waals surface area contributed by atoms with Crippen molar-refractivity contribution in [3.05, 3.63) is 71.0 Å². The van der Waals surface area contributed by atoms with E-state index in [1.807, 2.05) is 61.6 Å². The summed E-state index contributed by atoms with van der Waals surface area (Å²) in [4.78, 5) is 17.0. The topological polar surface area (TPSA) is 59.8 Å². The average Bonchev–Trinajstić information content (AvgIpc) is 3.40. The standard InChI is InChI=1S/C21H21ClN4O/c1-26-19(24-20(25-26)15-5-3-2-4-6-15)11-12-23-21(27)18-13-17(18)14-7-9-16(22)10-8-14/h2-10,17-18H,11-13H2,1H3,(H,23,27)/t17-,18+/m0/s1. The highest BCUT2D eigenvalue weighted by Crippen LogP contribution is 2.47. The van der Waals surface area contributed by atoms with Crippen molar-refractivity contribution in [3.8, 4) is 11.4 Å². The van der Waals surface area contributed by atoms with Gasteiger partial charge in [-0.15, -0.1) is 0 Å². The Labute approximate surface area is 163 Å². The highest BCUT2D eigenvalue weighted by Gasteiger charge is 2.43. The smallest absolute Gasteiger partial charge is 0.223 e. The molecule has 0 spiro atoms. The summed E-state index contributed by atoms with van der Waals surface area (Å²) in [6.45, 7) is 0.559. The molecule has 1 amide bonds. The van der Waals surface area contributed by atoms with Crippen LogP contribution in [-0.2, 0) is 18.3 Å². The van der Waals surface area contributed by atoms with Gasteiger partial charge in [-0.2, -0.15) is 5.10 Å². The number of carbonyl (C=O) groups excluding carboxylic acids is 1. The zero-order valence-corrected chi connectivity index (χ0v) is 15.9. The molecule has 5 nitrogen and oxygen atoms in total. The number of carbonyl (C=O) groups is 1. The highest BCUT2D eigenvalue weighted by molar-refractivity contribution is 6.30. The van der Waals surface area contributed by atoms with Gasteiger partial charge < -0.3 is 5.32 Å². The number of hydrogen-bond donors (Lipinski definition) is 1. The second-order valence-electron chi connectivity index (χ2n) is 6.88. The minimum atomic E-state index is 0.0607. The van der Waals surface area contributed by atoms with Crippen LogP contribution in [0.5, 0.6) is 0 Å². The van der Waals surface area contributed by atoms with Crippen molar-refractivity contribution >= 4 is 17.5 Å². The number of amides is 1. The van der Waals surface area contributed by atoms with Crippen molar-refractivity contribution in [2.45, 2.75) is 18.8 Å². The summed E-state index contributed by atoms with van der Waals surface area (Å²) in [6.07, 6.45) is 1.55. The number of aryl methyl sites for hydroxylation is 1. The molecule has 1 aliphatic carbocycles. The molecule has 0 radical (unpaired) electrons. The summed E-state index contributed by atoms with van der Waals surface area (Å²) >= 11 is 5.92. The molecule has 138 valence electrons. The third-order valence-corrected chi connectivity index (χ3v) is 5.21. The van der Waals surface area contributed by atoms with Crippen LogP contribution in [0, 0.1) is 5.92 Å². The van der Waals surface area contributed by atoms with E-state index in [9.17, 15) is 4.79 Å². The molecule has 1 saturated carbocycles. The number of rotatable bonds is 6. The Morgan fingerprint density at radius 3 is 2.67 bits per heavy atom. The van der Waals surface area contributed by atoms with E-state index >= 15 is 0 Å². The third-order valence-electron chi connectivity index (χ3n) is 4.96. The summed E-state index contributed by atoms with van der Waals surface area (Å²) in [6, 6.07) is 17.7. The normalized spacial score (nSPS) is 18.3. The van der Waals surface area contributed by atoms with Gasteiger partial charge in [0.05, 0.1) is 0 Å². The van der Waals surface area contributed by atoms with Gasteiger partial charge in [0.2, 0.25) is 5.91 Å². The van der Waals surface area contributed by atoms with Crippen molar-refractivity contribution in [3.63, 3.8) is 0 Å². The van der Waals surface area contributed by atoms with Gasteiger partial charge in [-0.25, -0.2) is 4.98 Å². The van der Waals surface area contributed by atoms with Gasteiger partial charge in [0.1, 0.15) is 5.82 Å². The molecule has 0 unspecified atom stereocenters. The molecule has 2 atom stereocenters. The zero-order chi connectivity index (χ0) is 18.8. The molecule has 1 N–H and O–H groups in total. The van der Waals surface area contributed by atoms with Crippen LogP contribution in [0.1, 0.15) is 23.7 Å². The first kappa shape index (κ1) is 17.7. The third kappa shape index (κ3) is 4.03. The Balaban J connectivity index is 1.30. The summed E-state index contributed by atoms with van der Waals surface area (Å²) < 4.78 is 1.78. The van der Waals surface area contributed by atoms with Gasteiger partial charge in [-0.05, 0) is 30.0 Å². The molecule has 1 heterocycles. The van der Waals surface area contributed by atoms with E-state index < -0.39 is 0 Å². The maximum atomic E-state index is 12.4. The van der Waals surface area contributed by atoms with Crippen LogP contribution >= 0.6 is 11.6 Å². The number of nitrogens with one attached hydrogen (secondary N) is 1. The Hall–Kier alpha value is -2.66. The quantitative estimate of drug-likeness (QED) is 0.710. The molecule has 27 heavy (non-hydrogen) atoms. The first-order chi connectivity index (χ1) is 13.1. The monoisotopic (exact) mass is 380 g/mol. The molecule has 0 bridgehead atoms. The van der Waals surface area contributed by atoms with Crippen LogP contribution in [0.25, 0.3) is 11.4 Å². The fourth-order valence-electron chi connectivity index (χ4n) is 3.34. The minimum absolute atomic E-state index is 0.0607. The van der Waals surface area contributed by atoms with Crippen LogP contribution in [0.3, 0.4) is 0 Å². The molecular formula is C21H21ClN4O. The lowest BCUT2D eigenvalue weighted by Crippen LogP contribution is -2.28. The molecule has 3 aromatic rings. The summed E-state index contributed by atoms with van der Waals surface area (Å²) in [5.74, 6) is 2.05. The van der Waals surface area contributed by atoms with Crippen LogP contribution in [-0.4, -0.2) is 27.2 Å². The van der Waals surface area contributed by atoms with E-state index in [-0.39, 0.29) is 11.8 Å². The fourth-order valence-corrected chi connectivity index (χ4v) is 3.46. The lowest BCUT2D eigenvalue weighted by atomic mass is 10.1. The zero-order valence-electron chi connectivity index (χ0n) is 15.1. The van der Waals surface area contributed by atoms with Crippen LogP contribution < -0.4 is 5.32 Å². The minimum Gasteiger partial charge on any atom is -0.355 e. The molecule has 6 heteroatoms. The van der Waals surface area contributed by atoms with E-state index in [4.69, 9.17) is 11.6 Å². The van der Waals surface area contributed by atoms with E-state index in [0.29, 0.717) is 24.7 Å². The Morgan fingerprint density at radius 1 is 1.19 bits per heavy atom. The molecule has 1 aromatic heterocycles. The van der Waals surface area contributed by atoms with Gasteiger partial charge in [0.15, 0.2) is 5.82 Å². The predicted octanol–water partition coefficient (Wildman–Crippen LogP) is 3.60. The number of nitrogens with zero attached hydrogens (tertiary/aromatic N) is 3. The lowest BCUT2D eigenvalue weighted by molar-refractivity contribution is -0.122. The van der Waals surface area contributed by atoms with Crippen molar-refractivity contribution in [2.75, 3.05) is 6.54 Å². The molecule has 4 rings (SSSR count).